The maximum atomic E-state index is 12.4. The molecule has 0 radical (unpaired) electrons. The van der Waals surface area contributed by atoms with Gasteiger partial charge in [0.2, 0.25) is 5.91 Å². The average Bonchev–Trinajstić information content (AvgIpc) is 2.59. The molecule has 2 aromatic rings. The van der Waals surface area contributed by atoms with Crippen molar-refractivity contribution in [1.29, 1.82) is 0 Å². The van der Waals surface area contributed by atoms with Gasteiger partial charge in [-0.05, 0) is 30.2 Å². The first-order valence-corrected chi connectivity index (χ1v) is 8.96. The highest BCUT2D eigenvalue weighted by atomic mass is 32.2. The highest BCUT2D eigenvalue weighted by Crippen LogP contribution is 2.20. The lowest BCUT2D eigenvalue weighted by molar-refractivity contribution is -0.136. The van der Waals surface area contributed by atoms with Gasteiger partial charge in [0, 0.05) is 17.2 Å². The minimum absolute atomic E-state index is 0.0446. The van der Waals surface area contributed by atoms with Crippen molar-refractivity contribution < 1.29 is 14.7 Å². The summed E-state index contributed by atoms with van der Waals surface area (Å²) in [6.45, 7) is 1.89. The van der Waals surface area contributed by atoms with E-state index in [9.17, 15) is 9.59 Å². The van der Waals surface area contributed by atoms with Crippen LogP contribution in [0.2, 0.25) is 0 Å². The molecule has 0 aliphatic rings. The van der Waals surface area contributed by atoms with E-state index in [1.165, 1.54) is 0 Å². The minimum atomic E-state index is -0.779. The number of aliphatic carboxylic acids is 1. The third-order valence-corrected chi connectivity index (χ3v) is 4.65. The van der Waals surface area contributed by atoms with Crippen LogP contribution in [-0.4, -0.2) is 22.7 Å². The Labute approximate surface area is 146 Å². The summed E-state index contributed by atoms with van der Waals surface area (Å²) < 4.78 is 0. The largest absolute Gasteiger partial charge is 0.481 e. The lowest BCUT2D eigenvalue weighted by Gasteiger charge is -2.13. The molecule has 4 nitrogen and oxygen atoms in total. The van der Waals surface area contributed by atoms with Gasteiger partial charge < -0.3 is 10.4 Å². The quantitative estimate of drug-likeness (QED) is 0.707. The Balaban J connectivity index is 1.91. The Morgan fingerprint density at radius 3 is 2.58 bits per heavy atom. The first kappa shape index (κ1) is 18.1. The second-order valence-electron chi connectivity index (χ2n) is 5.52. The topological polar surface area (TPSA) is 66.4 Å². The molecule has 24 heavy (non-hydrogen) atoms. The Morgan fingerprint density at radius 1 is 1.12 bits per heavy atom. The fourth-order valence-electron chi connectivity index (χ4n) is 2.23. The number of hydrogen-bond acceptors (Lipinski definition) is 3. The number of carbonyl (C=O) groups is 2. The van der Waals surface area contributed by atoms with Gasteiger partial charge in [0.05, 0.1) is 12.3 Å². The summed E-state index contributed by atoms with van der Waals surface area (Å²) in [5.41, 5.74) is 2.81. The molecule has 0 aromatic heterocycles. The van der Waals surface area contributed by atoms with Crippen molar-refractivity contribution in [3.05, 3.63) is 65.7 Å². The maximum Gasteiger partial charge on any atom is 0.304 e. The number of thioether (sulfide) groups is 1. The molecule has 5 heteroatoms. The van der Waals surface area contributed by atoms with Crippen molar-refractivity contribution in [3.63, 3.8) is 0 Å². The lowest BCUT2D eigenvalue weighted by atomic mass is 10.0. The molecule has 126 valence electrons. The van der Waals surface area contributed by atoms with Crippen LogP contribution in [0.1, 0.15) is 30.4 Å². The molecule has 0 unspecified atom stereocenters. The Hall–Kier alpha value is -2.27. The Morgan fingerprint density at radius 2 is 1.88 bits per heavy atom. The fourth-order valence-corrected chi connectivity index (χ4v) is 3.11. The fraction of sp³-hybridized carbons (Fsp3) is 0.263. The summed E-state index contributed by atoms with van der Waals surface area (Å²) in [7, 11) is 0. The van der Waals surface area contributed by atoms with Crippen LogP contribution in [0.4, 0.5) is 5.69 Å². The van der Waals surface area contributed by atoms with Gasteiger partial charge in [-0.25, -0.2) is 0 Å². The second kappa shape index (κ2) is 9.13. The van der Waals surface area contributed by atoms with Crippen LogP contribution in [0.3, 0.4) is 0 Å². The highest BCUT2D eigenvalue weighted by Gasteiger charge is 2.14. The molecular formula is C19H21NO3S. The molecule has 0 saturated heterocycles. The van der Waals surface area contributed by atoms with Gasteiger partial charge in [0.25, 0.3) is 0 Å². The van der Waals surface area contributed by atoms with Crippen molar-refractivity contribution >= 4 is 29.3 Å². The van der Waals surface area contributed by atoms with Crippen molar-refractivity contribution in [1.82, 2.24) is 0 Å². The van der Waals surface area contributed by atoms with Gasteiger partial charge >= 0.3 is 5.97 Å². The molecule has 1 amide bonds. The standard InChI is InChI=1S/C19H21NO3S/c1-14(16-7-3-2-4-8-16)19(23)20-17-9-5-6-15(12-17)13-24-11-10-18(21)22/h2-9,12,14H,10-11,13H2,1H3,(H,20,23)(H,21,22)/t14-/m1/s1. The van der Waals surface area contributed by atoms with Gasteiger partial charge in [-0.1, -0.05) is 42.5 Å². The molecule has 0 heterocycles. The van der Waals surface area contributed by atoms with Crippen molar-refractivity contribution in [2.75, 3.05) is 11.1 Å². The number of carboxylic acid groups (broad SMARTS) is 1. The van der Waals surface area contributed by atoms with E-state index in [1.54, 1.807) is 11.8 Å². The van der Waals surface area contributed by atoms with E-state index in [0.717, 1.165) is 22.6 Å². The number of anilines is 1. The highest BCUT2D eigenvalue weighted by molar-refractivity contribution is 7.98. The molecule has 2 aromatic carbocycles. The van der Waals surface area contributed by atoms with Crippen molar-refractivity contribution in [2.45, 2.75) is 25.0 Å². The van der Waals surface area contributed by atoms with Crippen LogP contribution in [0.15, 0.2) is 54.6 Å². The van der Waals surface area contributed by atoms with Crippen LogP contribution in [0.5, 0.6) is 0 Å². The van der Waals surface area contributed by atoms with Crippen LogP contribution in [-0.2, 0) is 15.3 Å². The number of carboxylic acids is 1. The first-order chi connectivity index (χ1) is 11.6. The normalized spacial score (nSPS) is 11.7. The number of hydrogen-bond donors (Lipinski definition) is 2. The number of carbonyl (C=O) groups excluding carboxylic acids is 1. The first-order valence-electron chi connectivity index (χ1n) is 7.80. The molecule has 0 bridgehead atoms. The average molecular weight is 343 g/mol. The van der Waals surface area contributed by atoms with E-state index in [4.69, 9.17) is 5.11 Å². The van der Waals surface area contributed by atoms with E-state index in [2.05, 4.69) is 5.32 Å². The van der Waals surface area contributed by atoms with E-state index in [1.807, 2.05) is 61.5 Å². The van der Waals surface area contributed by atoms with Gasteiger partial charge in [-0.2, -0.15) is 11.8 Å². The van der Waals surface area contributed by atoms with E-state index < -0.39 is 5.97 Å². The lowest BCUT2D eigenvalue weighted by Crippen LogP contribution is -2.18. The number of benzene rings is 2. The molecular weight excluding hydrogens is 322 g/mol. The predicted octanol–water partition coefficient (Wildman–Crippen LogP) is 4.14. The zero-order valence-corrected chi connectivity index (χ0v) is 14.4. The monoisotopic (exact) mass is 343 g/mol. The predicted molar refractivity (Wildman–Crippen MR) is 98.3 cm³/mol. The molecule has 0 aliphatic heterocycles. The second-order valence-corrected chi connectivity index (χ2v) is 6.62. The summed E-state index contributed by atoms with van der Waals surface area (Å²) in [4.78, 5) is 22.9. The number of amides is 1. The SMILES string of the molecule is C[C@@H](C(=O)Nc1cccc(CSCCC(=O)O)c1)c1ccccc1. The van der Waals surface area contributed by atoms with E-state index in [-0.39, 0.29) is 18.2 Å². The van der Waals surface area contributed by atoms with Gasteiger partial charge in [0.15, 0.2) is 0 Å². The summed E-state index contributed by atoms with van der Waals surface area (Å²) in [5, 5.41) is 11.6. The third-order valence-electron chi connectivity index (χ3n) is 3.62. The molecule has 0 saturated carbocycles. The molecule has 2 rings (SSSR count). The van der Waals surface area contributed by atoms with Gasteiger partial charge in [-0.15, -0.1) is 0 Å². The van der Waals surface area contributed by atoms with Gasteiger partial charge in [0.1, 0.15) is 0 Å². The zero-order chi connectivity index (χ0) is 17.4. The maximum absolute atomic E-state index is 12.4. The number of rotatable bonds is 8. The summed E-state index contributed by atoms with van der Waals surface area (Å²) in [6, 6.07) is 17.3. The van der Waals surface area contributed by atoms with Gasteiger partial charge in [-0.3, -0.25) is 9.59 Å². The van der Waals surface area contributed by atoms with Crippen molar-refractivity contribution in [3.8, 4) is 0 Å². The van der Waals surface area contributed by atoms with E-state index >= 15 is 0 Å². The molecule has 0 fully saturated rings. The summed E-state index contributed by atoms with van der Waals surface area (Å²) >= 11 is 1.57. The van der Waals surface area contributed by atoms with Crippen LogP contribution in [0.25, 0.3) is 0 Å². The smallest absolute Gasteiger partial charge is 0.304 e. The van der Waals surface area contributed by atoms with Crippen LogP contribution < -0.4 is 5.32 Å². The zero-order valence-electron chi connectivity index (χ0n) is 13.6. The van der Waals surface area contributed by atoms with Crippen LogP contribution in [0, 0.1) is 0 Å². The van der Waals surface area contributed by atoms with E-state index in [0.29, 0.717) is 5.75 Å². The third kappa shape index (κ3) is 5.74. The molecule has 1 atom stereocenters. The summed E-state index contributed by atoms with van der Waals surface area (Å²) in [5.74, 6) is 0.262. The Bertz CT molecular complexity index is 688. The Kier molecular flexibility index (Phi) is 6.88. The van der Waals surface area contributed by atoms with Crippen LogP contribution >= 0.6 is 11.8 Å². The summed E-state index contributed by atoms with van der Waals surface area (Å²) in [6.07, 6.45) is 0.162. The molecule has 2 N–H and O–H groups in total. The minimum Gasteiger partial charge on any atom is -0.481 e. The molecule has 0 aliphatic carbocycles. The van der Waals surface area contributed by atoms with Crippen molar-refractivity contribution in [2.24, 2.45) is 0 Å². The molecule has 0 spiro atoms. The number of nitrogens with one attached hydrogen (secondary N) is 1.